The zero-order valence-electron chi connectivity index (χ0n) is 15.5. The second kappa shape index (κ2) is 6.03. The fraction of sp³-hybridized carbons (Fsp3) is 0.292. The molecule has 3 aliphatic rings. The fourth-order valence-corrected chi connectivity index (χ4v) is 6.80. The summed E-state index contributed by atoms with van der Waals surface area (Å²) < 4.78 is 7.23. The monoisotopic (exact) mass is 387 g/mol. The summed E-state index contributed by atoms with van der Waals surface area (Å²) in [6, 6.07) is 18.5. The molecule has 3 nitrogen and oxygen atoms in total. The maximum atomic E-state index is 12.5. The highest BCUT2D eigenvalue weighted by Gasteiger charge is 2.54. The van der Waals surface area contributed by atoms with E-state index in [2.05, 4.69) is 41.3 Å². The highest BCUT2D eigenvalue weighted by Crippen LogP contribution is 2.55. The number of ether oxygens (including phenoxy) is 1. The van der Waals surface area contributed by atoms with E-state index in [1.807, 2.05) is 41.7 Å². The van der Waals surface area contributed by atoms with Crippen molar-refractivity contribution in [3.63, 3.8) is 0 Å². The molecule has 1 fully saturated rings. The van der Waals surface area contributed by atoms with E-state index in [1.54, 1.807) is 0 Å². The summed E-state index contributed by atoms with van der Waals surface area (Å²) in [5.74, 6) is -0.230. The molecule has 0 radical (unpaired) electrons. The summed E-state index contributed by atoms with van der Waals surface area (Å²) >= 11 is 1.96. The van der Waals surface area contributed by atoms with E-state index in [0.29, 0.717) is 11.6 Å². The van der Waals surface area contributed by atoms with Gasteiger partial charge in [-0.2, -0.15) is 0 Å². The van der Waals surface area contributed by atoms with Crippen molar-refractivity contribution in [1.29, 1.82) is 0 Å². The Kier molecular flexibility index (Phi) is 3.56. The van der Waals surface area contributed by atoms with Gasteiger partial charge >= 0.3 is 5.97 Å². The molecule has 3 aromatic rings. The molecule has 6 rings (SSSR count). The quantitative estimate of drug-likeness (QED) is 0.462. The Morgan fingerprint density at radius 3 is 2.82 bits per heavy atom. The van der Waals surface area contributed by atoms with Crippen molar-refractivity contribution < 1.29 is 9.53 Å². The van der Waals surface area contributed by atoms with Gasteiger partial charge in [-0.05, 0) is 41.6 Å². The number of thiophene rings is 1. The van der Waals surface area contributed by atoms with E-state index in [0.717, 1.165) is 25.9 Å². The van der Waals surface area contributed by atoms with Gasteiger partial charge in [0.15, 0.2) is 0 Å². The van der Waals surface area contributed by atoms with Crippen LogP contribution in [0.3, 0.4) is 0 Å². The predicted octanol–water partition coefficient (Wildman–Crippen LogP) is 4.91. The van der Waals surface area contributed by atoms with Crippen LogP contribution >= 0.6 is 11.3 Å². The minimum Gasteiger partial charge on any atom is -0.454 e. The van der Waals surface area contributed by atoms with Gasteiger partial charge < -0.3 is 4.74 Å². The van der Waals surface area contributed by atoms with Gasteiger partial charge in [-0.25, -0.2) is 4.79 Å². The van der Waals surface area contributed by atoms with E-state index >= 15 is 0 Å². The molecule has 0 N–H and O–H groups in total. The molecule has 1 aliphatic carbocycles. The first-order valence-electron chi connectivity index (χ1n) is 9.95. The summed E-state index contributed by atoms with van der Waals surface area (Å²) in [7, 11) is 0. The summed E-state index contributed by atoms with van der Waals surface area (Å²) in [5, 5.41) is 1.42. The summed E-state index contributed by atoms with van der Waals surface area (Å²) in [5.41, 5.74) is 2.22. The second-order valence-electron chi connectivity index (χ2n) is 8.09. The Balaban J connectivity index is 1.35. The number of esters is 1. The molecule has 1 aromatic heterocycles. The molecule has 1 unspecified atom stereocenters. The molecule has 0 spiro atoms. The lowest BCUT2D eigenvalue weighted by Crippen LogP contribution is -2.49. The number of benzene rings is 2. The van der Waals surface area contributed by atoms with Crippen molar-refractivity contribution in [2.24, 2.45) is 0 Å². The number of hydrogen-bond donors (Lipinski definition) is 0. The highest BCUT2D eigenvalue weighted by molar-refractivity contribution is 7.19. The van der Waals surface area contributed by atoms with Crippen molar-refractivity contribution in [2.75, 3.05) is 6.54 Å². The minimum absolute atomic E-state index is 0.0902. The topological polar surface area (TPSA) is 29.5 Å². The number of nitrogens with zero attached hydrogens (tertiary/aromatic N) is 1. The predicted molar refractivity (Wildman–Crippen MR) is 112 cm³/mol. The van der Waals surface area contributed by atoms with Crippen LogP contribution in [0.5, 0.6) is 0 Å². The third-order valence-corrected chi connectivity index (χ3v) is 8.07. The summed E-state index contributed by atoms with van der Waals surface area (Å²) in [6.07, 6.45) is 6.39. The van der Waals surface area contributed by atoms with Crippen LogP contribution in [0, 0.1) is 0 Å². The van der Waals surface area contributed by atoms with Crippen molar-refractivity contribution in [1.82, 2.24) is 4.90 Å². The largest absolute Gasteiger partial charge is 0.454 e. The standard InChI is InChI=1S/C24H21NO2S/c26-23(16-6-2-1-3-7-16)27-17-10-11-24-12-13-25(21(24)14-17)15-19-18-8-4-5-9-20(18)28-22(19)24/h1-11,17,21H,12-15H2/t17-,21-,24+/m0/s1. The zero-order chi connectivity index (χ0) is 18.7. The van der Waals surface area contributed by atoms with Crippen LogP contribution in [0.25, 0.3) is 10.1 Å². The van der Waals surface area contributed by atoms with Crippen LogP contribution in [-0.4, -0.2) is 29.6 Å². The maximum absolute atomic E-state index is 12.5. The van der Waals surface area contributed by atoms with Crippen LogP contribution in [0.15, 0.2) is 66.7 Å². The van der Waals surface area contributed by atoms with Gasteiger partial charge in [-0.3, -0.25) is 4.90 Å². The Morgan fingerprint density at radius 2 is 1.93 bits per heavy atom. The highest BCUT2D eigenvalue weighted by atomic mass is 32.1. The SMILES string of the molecule is O=C(O[C@H]1C=C[C@]23CCN(Cc4c2sc2ccccc42)[C@H]3C1)c1ccccc1. The molecular weight excluding hydrogens is 366 g/mol. The van der Waals surface area contributed by atoms with Crippen molar-refractivity contribution >= 4 is 27.4 Å². The fourth-order valence-electron chi connectivity index (χ4n) is 5.34. The Hall–Kier alpha value is -2.43. The molecular formula is C24H21NO2S. The number of fused-ring (bicyclic) bond motifs is 3. The molecule has 28 heavy (non-hydrogen) atoms. The van der Waals surface area contributed by atoms with Gasteiger partial charge in [0.25, 0.3) is 0 Å². The molecule has 2 bridgehead atoms. The molecule has 0 amide bonds. The first kappa shape index (κ1) is 16.5. The summed E-state index contributed by atoms with van der Waals surface area (Å²) in [6.45, 7) is 2.13. The molecule has 4 atom stereocenters. The minimum atomic E-state index is -0.230. The smallest absolute Gasteiger partial charge is 0.338 e. The molecule has 140 valence electrons. The Labute approximate surface area is 168 Å². The molecule has 1 saturated heterocycles. The summed E-state index contributed by atoms with van der Waals surface area (Å²) in [4.78, 5) is 16.6. The van der Waals surface area contributed by atoms with E-state index in [1.165, 1.54) is 20.5 Å². The first-order valence-corrected chi connectivity index (χ1v) is 10.8. The van der Waals surface area contributed by atoms with Crippen molar-refractivity contribution in [3.05, 3.63) is 82.8 Å². The molecule has 3 heterocycles. The molecule has 2 aliphatic heterocycles. The van der Waals surface area contributed by atoms with Crippen molar-refractivity contribution in [2.45, 2.75) is 36.9 Å². The second-order valence-corrected chi connectivity index (χ2v) is 9.14. The lowest BCUT2D eigenvalue weighted by molar-refractivity contribution is 0.0275. The number of carbonyl (C=O) groups is 1. The third-order valence-electron chi connectivity index (χ3n) is 6.66. The van der Waals surface area contributed by atoms with Gasteiger partial charge in [-0.1, -0.05) is 42.5 Å². The Bertz CT molecular complexity index is 1100. The third kappa shape index (κ3) is 2.28. The van der Waals surface area contributed by atoms with Gasteiger partial charge in [0.05, 0.1) is 5.56 Å². The molecule has 2 aromatic carbocycles. The lowest BCUT2D eigenvalue weighted by atomic mass is 9.70. The van der Waals surface area contributed by atoms with Gasteiger partial charge in [-0.15, -0.1) is 11.3 Å². The number of hydrogen-bond acceptors (Lipinski definition) is 4. The van der Waals surface area contributed by atoms with E-state index < -0.39 is 0 Å². The van der Waals surface area contributed by atoms with E-state index in [4.69, 9.17) is 4.74 Å². The normalized spacial score (nSPS) is 30.1. The number of rotatable bonds is 2. The maximum Gasteiger partial charge on any atom is 0.338 e. The molecule has 0 saturated carbocycles. The number of carbonyl (C=O) groups excluding carboxylic acids is 1. The van der Waals surface area contributed by atoms with Gasteiger partial charge in [0.2, 0.25) is 0 Å². The van der Waals surface area contributed by atoms with Crippen molar-refractivity contribution in [3.8, 4) is 0 Å². The first-order chi connectivity index (χ1) is 13.7. The van der Waals surface area contributed by atoms with Gasteiger partial charge in [0, 0.05) is 40.5 Å². The average Bonchev–Trinajstić information content (AvgIpc) is 3.25. The average molecular weight is 388 g/mol. The Morgan fingerprint density at radius 1 is 1.11 bits per heavy atom. The molecule has 4 heteroatoms. The van der Waals surface area contributed by atoms with E-state index in [9.17, 15) is 4.79 Å². The van der Waals surface area contributed by atoms with Crippen LogP contribution in [0.2, 0.25) is 0 Å². The van der Waals surface area contributed by atoms with Crippen LogP contribution in [0.1, 0.15) is 33.6 Å². The lowest BCUT2D eigenvalue weighted by Gasteiger charge is -2.44. The van der Waals surface area contributed by atoms with Crippen LogP contribution in [-0.2, 0) is 16.7 Å². The van der Waals surface area contributed by atoms with Crippen LogP contribution < -0.4 is 0 Å². The van der Waals surface area contributed by atoms with Gasteiger partial charge in [0.1, 0.15) is 6.10 Å². The zero-order valence-corrected chi connectivity index (χ0v) is 16.3. The van der Waals surface area contributed by atoms with Crippen LogP contribution in [0.4, 0.5) is 0 Å². The van der Waals surface area contributed by atoms with E-state index in [-0.39, 0.29) is 17.5 Å².